The molecule has 0 saturated heterocycles. The minimum atomic E-state index is 1.22. The van der Waals surface area contributed by atoms with Crippen LogP contribution in [0.2, 0.25) is 0 Å². The van der Waals surface area contributed by atoms with Crippen LogP contribution in [0.15, 0.2) is 48.8 Å². The molecular weight excluding hydrogens is 157 g/mol. The zero-order valence-electron chi connectivity index (χ0n) is 7.57. The number of aromatic nitrogens is 1. The van der Waals surface area contributed by atoms with Gasteiger partial charge in [-0.2, -0.15) is 0 Å². The first kappa shape index (κ1) is 8.05. The second kappa shape index (κ2) is 3.44. The van der Waals surface area contributed by atoms with Crippen LogP contribution in [-0.2, 0) is 0 Å². The lowest BCUT2D eigenvalue weighted by atomic mass is 9.93. The molecule has 1 aromatic heterocycles. The van der Waals surface area contributed by atoms with Crippen LogP contribution in [0.4, 0.5) is 0 Å². The van der Waals surface area contributed by atoms with E-state index >= 15 is 0 Å². The molecule has 2 aromatic rings. The van der Waals surface area contributed by atoms with Crippen molar-refractivity contribution in [1.82, 2.24) is 4.98 Å². The molecule has 1 heterocycles. The van der Waals surface area contributed by atoms with E-state index in [2.05, 4.69) is 37.1 Å². The summed E-state index contributed by atoms with van der Waals surface area (Å²) >= 11 is 0. The SMILES string of the molecule is Bc1cccc(-c2ccncc2)c1. The van der Waals surface area contributed by atoms with Crippen molar-refractivity contribution in [3.8, 4) is 11.1 Å². The second-order valence-corrected chi connectivity index (χ2v) is 3.11. The quantitative estimate of drug-likeness (QED) is 0.577. The van der Waals surface area contributed by atoms with Gasteiger partial charge >= 0.3 is 0 Å². The lowest BCUT2D eigenvalue weighted by Gasteiger charge is -2.01. The molecule has 0 atom stereocenters. The fraction of sp³-hybridized carbons (Fsp3) is 0. The van der Waals surface area contributed by atoms with Gasteiger partial charge in [-0.05, 0) is 23.3 Å². The van der Waals surface area contributed by atoms with Gasteiger partial charge in [-0.1, -0.05) is 29.7 Å². The first-order valence-electron chi connectivity index (χ1n) is 4.33. The normalized spacial score (nSPS) is 9.85. The number of benzene rings is 1. The molecule has 0 amide bonds. The minimum absolute atomic E-state index is 1.22. The number of pyridine rings is 1. The molecule has 0 aliphatic heterocycles. The summed E-state index contributed by atoms with van der Waals surface area (Å²) in [6.07, 6.45) is 3.63. The highest BCUT2D eigenvalue weighted by Crippen LogP contribution is 2.15. The molecule has 0 bridgehead atoms. The molecule has 0 radical (unpaired) electrons. The summed E-state index contributed by atoms with van der Waals surface area (Å²) in [6.45, 7) is 0. The van der Waals surface area contributed by atoms with E-state index in [0.717, 1.165) is 0 Å². The van der Waals surface area contributed by atoms with E-state index in [-0.39, 0.29) is 0 Å². The van der Waals surface area contributed by atoms with Crippen LogP contribution >= 0.6 is 0 Å². The molecule has 0 N–H and O–H groups in total. The Bertz CT molecular complexity index is 398. The van der Waals surface area contributed by atoms with Crippen molar-refractivity contribution in [2.24, 2.45) is 0 Å². The fourth-order valence-corrected chi connectivity index (χ4v) is 1.37. The molecule has 1 aromatic carbocycles. The van der Waals surface area contributed by atoms with Crippen LogP contribution in [0.25, 0.3) is 11.1 Å². The third-order valence-electron chi connectivity index (χ3n) is 2.03. The monoisotopic (exact) mass is 167 g/mol. The van der Waals surface area contributed by atoms with Gasteiger partial charge in [-0.3, -0.25) is 4.98 Å². The average Bonchev–Trinajstić information content (AvgIpc) is 2.19. The molecule has 0 aliphatic carbocycles. The Morgan fingerprint density at radius 2 is 1.69 bits per heavy atom. The molecule has 62 valence electrons. The smallest absolute Gasteiger partial charge is 0.139 e. The third kappa shape index (κ3) is 1.78. The van der Waals surface area contributed by atoms with Crippen LogP contribution in [0.3, 0.4) is 0 Å². The summed E-state index contributed by atoms with van der Waals surface area (Å²) in [5, 5.41) is 0. The van der Waals surface area contributed by atoms with Crippen LogP contribution in [0, 0.1) is 0 Å². The Kier molecular flexibility index (Phi) is 2.13. The van der Waals surface area contributed by atoms with E-state index in [1.807, 2.05) is 24.5 Å². The molecule has 1 nitrogen and oxygen atoms in total. The van der Waals surface area contributed by atoms with Crippen molar-refractivity contribution in [1.29, 1.82) is 0 Å². The van der Waals surface area contributed by atoms with Crippen LogP contribution in [0.5, 0.6) is 0 Å². The predicted molar refractivity (Wildman–Crippen MR) is 57.9 cm³/mol. The summed E-state index contributed by atoms with van der Waals surface area (Å²) < 4.78 is 0. The van der Waals surface area contributed by atoms with Gasteiger partial charge in [0.15, 0.2) is 0 Å². The standard InChI is InChI=1S/C11H10BN/c12-11-3-1-2-10(8-11)9-4-6-13-7-5-9/h1-8H,12H2. The largest absolute Gasteiger partial charge is 0.265 e. The van der Waals surface area contributed by atoms with Gasteiger partial charge in [0.05, 0.1) is 0 Å². The summed E-state index contributed by atoms with van der Waals surface area (Å²) in [5.74, 6) is 0. The van der Waals surface area contributed by atoms with E-state index in [1.165, 1.54) is 16.6 Å². The van der Waals surface area contributed by atoms with Gasteiger partial charge in [0.1, 0.15) is 7.85 Å². The zero-order chi connectivity index (χ0) is 9.10. The lowest BCUT2D eigenvalue weighted by Crippen LogP contribution is -2.00. The van der Waals surface area contributed by atoms with Gasteiger partial charge in [0.25, 0.3) is 0 Å². The highest BCUT2D eigenvalue weighted by atomic mass is 14.6. The number of nitrogens with zero attached hydrogens (tertiary/aromatic N) is 1. The topological polar surface area (TPSA) is 12.9 Å². The van der Waals surface area contributed by atoms with Crippen LogP contribution in [0.1, 0.15) is 0 Å². The molecule has 0 aliphatic rings. The Labute approximate surface area is 78.9 Å². The molecule has 2 heteroatoms. The Balaban J connectivity index is 2.48. The molecule has 0 fully saturated rings. The molecule has 0 spiro atoms. The van der Waals surface area contributed by atoms with Gasteiger partial charge in [-0.15, -0.1) is 0 Å². The molecule has 0 saturated carbocycles. The van der Waals surface area contributed by atoms with Crippen LogP contribution in [-0.4, -0.2) is 12.8 Å². The van der Waals surface area contributed by atoms with Crippen molar-refractivity contribution in [3.63, 3.8) is 0 Å². The summed E-state index contributed by atoms with van der Waals surface area (Å²) in [6, 6.07) is 12.5. The highest BCUT2D eigenvalue weighted by molar-refractivity contribution is 6.32. The summed E-state index contributed by atoms with van der Waals surface area (Å²) in [4.78, 5) is 3.99. The lowest BCUT2D eigenvalue weighted by molar-refractivity contribution is 1.33. The van der Waals surface area contributed by atoms with Gasteiger partial charge in [0.2, 0.25) is 0 Å². The Morgan fingerprint density at radius 3 is 2.38 bits per heavy atom. The van der Waals surface area contributed by atoms with Crippen molar-refractivity contribution >= 4 is 13.3 Å². The average molecular weight is 167 g/mol. The van der Waals surface area contributed by atoms with Crippen LogP contribution < -0.4 is 5.46 Å². The Hall–Kier alpha value is -1.57. The predicted octanol–water partition coefficient (Wildman–Crippen LogP) is 1.01. The summed E-state index contributed by atoms with van der Waals surface area (Å²) in [5.41, 5.74) is 3.76. The number of hydrogen-bond acceptors (Lipinski definition) is 1. The molecular formula is C11H10BN. The fourth-order valence-electron chi connectivity index (χ4n) is 1.37. The third-order valence-corrected chi connectivity index (χ3v) is 2.03. The van der Waals surface area contributed by atoms with E-state index in [4.69, 9.17) is 0 Å². The molecule has 2 rings (SSSR count). The molecule has 13 heavy (non-hydrogen) atoms. The number of hydrogen-bond donors (Lipinski definition) is 0. The van der Waals surface area contributed by atoms with Crippen molar-refractivity contribution in [2.75, 3.05) is 0 Å². The number of rotatable bonds is 1. The minimum Gasteiger partial charge on any atom is -0.265 e. The van der Waals surface area contributed by atoms with E-state index < -0.39 is 0 Å². The maximum atomic E-state index is 3.99. The maximum absolute atomic E-state index is 3.99. The second-order valence-electron chi connectivity index (χ2n) is 3.11. The first-order chi connectivity index (χ1) is 6.36. The summed E-state index contributed by atoms with van der Waals surface area (Å²) in [7, 11) is 2.10. The van der Waals surface area contributed by atoms with E-state index in [1.54, 1.807) is 0 Å². The van der Waals surface area contributed by atoms with Crippen molar-refractivity contribution in [3.05, 3.63) is 48.8 Å². The first-order valence-corrected chi connectivity index (χ1v) is 4.33. The molecule has 0 unspecified atom stereocenters. The van der Waals surface area contributed by atoms with Crippen molar-refractivity contribution in [2.45, 2.75) is 0 Å². The van der Waals surface area contributed by atoms with Gasteiger partial charge in [0, 0.05) is 12.4 Å². The van der Waals surface area contributed by atoms with E-state index in [0.29, 0.717) is 0 Å². The Morgan fingerprint density at radius 1 is 0.923 bits per heavy atom. The van der Waals surface area contributed by atoms with E-state index in [9.17, 15) is 0 Å². The van der Waals surface area contributed by atoms with Gasteiger partial charge in [-0.25, -0.2) is 0 Å². The van der Waals surface area contributed by atoms with Gasteiger partial charge < -0.3 is 0 Å². The highest BCUT2D eigenvalue weighted by Gasteiger charge is 1.94. The van der Waals surface area contributed by atoms with Crippen molar-refractivity contribution < 1.29 is 0 Å². The maximum Gasteiger partial charge on any atom is 0.139 e. The zero-order valence-corrected chi connectivity index (χ0v) is 7.57.